The maximum absolute atomic E-state index is 12.8. The van der Waals surface area contributed by atoms with E-state index in [0.29, 0.717) is 4.52 Å². The first-order chi connectivity index (χ1) is 10.9. The van der Waals surface area contributed by atoms with Crippen LogP contribution < -0.4 is 5.06 Å². The minimum Gasteiger partial charge on any atom is -0.267 e. The van der Waals surface area contributed by atoms with Crippen LogP contribution in [0, 0.1) is 0 Å². The van der Waals surface area contributed by atoms with Crippen molar-refractivity contribution in [1.29, 1.82) is 0 Å². The molecule has 0 N–H and O–H groups in total. The molecule has 6 nitrogen and oxygen atoms in total. The number of rotatable bonds is 4. The van der Waals surface area contributed by atoms with E-state index in [4.69, 9.17) is 4.84 Å². The number of benzene rings is 1. The minimum atomic E-state index is -4.63. The number of alkyl halides is 3. The standard InChI is InChI=1S/C14H12F3N5O/c1-21(23-9-10-5-3-2-4-6-10)12-8-7-11-18-19-13(14(15,16)17)22(11)20-12/h2-8H,9H2,1H3. The molecule has 0 aliphatic rings. The molecular weight excluding hydrogens is 311 g/mol. The van der Waals surface area contributed by atoms with Gasteiger partial charge < -0.3 is 0 Å². The van der Waals surface area contributed by atoms with Crippen LogP contribution in [0.2, 0.25) is 0 Å². The highest BCUT2D eigenvalue weighted by Gasteiger charge is 2.37. The van der Waals surface area contributed by atoms with Gasteiger partial charge in [-0.05, 0) is 17.7 Å². The summed E-state index contributed by atoms with van der Waals surface area (Å²) in [6, 6.07) is 12.3. The van der Waals surface area contributed by atoms with Crippen molar-refractivity contribution in [3.8, 4) is 0 Å². The van der Waals surface area contributed by atoms with Crippen LogP contribution in [0.15, 0.2) is 42.5 Å². The van der Waals surface area contributed by atoms with Gasteiger partial charge in [-0.2, -0.15) is 17.7 Å². The van der Waals surface area contributed by atoms with E-state index in [0.717, 1.165) is 5.56 Å². The lowest BCUT2D eigenvalue weighted by Gasteiger charge is -2.17. The van der Waals surface area contributed by atoms with E-state index in [1.165, 1.54) is 17.2 Å². The predicted molar refractivity (Wildman–Crippen MR) is 75.4 cm³/mol. The van der Waals surface area contributed by atoms with Crippen molar-refractivity contribution in [2.45, 2.75) is 12.8 Å². The molecule has 120 valence electrons. The quantitative estimate of drug-likeness (QED) is 0.691. The van der Waals surface area contributed by atoms with Crippen molar-refractivity contribution < 1.29 is 18.0 Å². The van der Waals surface area contributed by atoms with Gasteiger partial charge in [-0.15, -0.1) is 15.3 Å². The summed E-state index contributed by atoms with van der Waals surface area (Å²) in [5.74, 6) is -0.968. The molecule has 0 atom stereocenters. The zero-order chi connectivity index (χ0) is 16.4. The highest BCUT2D eigenvalue weighted by molar-refractivity contribution is 5.44. The third-order valence-electron chi connectivity index (χ3n) is 3.09. The average molecular weight is 323 g/mol. The van der Waals surface area contributed by atoms with Gasteiger partial charge in [-0.3, -0.25) is 4.84 Å². The van der Waals surface area contributed by atoms with Crippen LogP contribution in [0.4, 0.5) is 19.0 Å². The van der Waals surface area contributed by atoms with Gasteiger partial charge in [0, 0.05) is 7.05 Å². The largest absolute Gasteiger partial charge is 0.453 e. The second kappa shape index (κ2) is 5.84. The zero-order valence-corrected chi connectivity index (χ0v) is 12.0. The second-order valence-electron chi connectivity index (χ2n) is 4.74. The normalized spacial score (nSPS) is 11.8. The van der Waals surface area contributed by atoms with Gasteiger partial charge in [0.15, 0.2) is 11.5 Å². The number of hydroxylamine groups is 1. The van der Waals surface area contributed by atoms with Gasteiger partial charge in [-0.25, -0.2) is 5.06 Å². The van der Waals surface area contributed by atoms with Crippen LogP contribution in [-0.2, 0) is 17.6 Å². The van der Waals surface area contributed by atoms with Crippen molar-refractivity contribution in [3.63, 3.8) is 0 Å². The number of anilines is 1. The Morgan fingerprint density at radius 1 is 1.09 bits per heavy atom. The summed E-state index contributed by atoms with van der Waals surface area (Å²) in [4.78, 5) is 5.50. The number of hydrogen-bond donors (Lipinski definition) is 0. The maximum Gasteiger partial charge on any atom is 0.453 e. The molecule has 0 radical (unpaired) electrons. The number of fused-ring (bicyclic) bond motifs is 1. The topological polar surface area (TPSA) is 55.5 Å². The van der Waals surface area contributed by atoms with Crippen LogP contribution in [0.1, 0.15) is 11.4 Å². The molecule has 23 heavy (non-hydrogen) atoms. The van der Waals surface area contributed by atoms with E-state index in [-0.39, 0.29) is 18.1 Å². The average Bonchev–Trinajstić information content (AvgIpc) is 2.96. The smallest absolute Gasteiger partial charge is 0.267 e. The van der Waals surface area contributed by atoms with E-state index < -0.39 is 12.0 Å². The van der Waals surface area contributed by atoms with Crippen LogP contribution in [0.5, 0.6) is 0 Å². The van der Waals surface area contributed by atoms with Crippen molar-refractivity contribution in [2.75, 3.05) is 12.1 Å². The van der Waals surface area contributed by atoms with Crippen LogP contribution >= 0.6 is 0 Å². The monoisotopic (exact) mass is 323 g/mol. The Morgan fingerprint density at radius 2 is 1.83 bits per heavy atom. The molecule has 0 aliphatic heterocycles. The minimum absolute atomic E-state index is 0.0116. The lowest BCUT2D eigenvalue weighted by Crippen LogP contribution is -2.21. The van der Waals surface area contributed by atoms with Crippen LogP contribution in [-0.4, -0.2) is 26.9 Å². The van der Waals surface area contributed by atoms with E-state index in [1.807, 2.05) is 30.3 Å². The molecule has 0 unspecified atom stereocenters. The SMILES string of the molecule is CN(OCc1ccccc1)c1ccc2nnc(C(F)(F)F)n2n1. The Hall–Kier alpha value is -2.68. The fourth-order valence-electron chi connectivity index (χ4n) is 1.94. The molecule has 1 aromatic carbocycles. The van der Waals surface area contributed by atoms with Crippen molar-refractivity contribution >= 4 is 11.5 Å². The Labute approximate surface area is 129 Å². The first-order valence-electron chi connectivity index (χ1n) is 6.65. The Kier molecular flexibility index (Phi) is 3.87. The fraction of sp³-hybridized carbons (Fsp3) is 0.214. The summed E-state index contributed by atoms with van der Waals surface area (Å²) in [5, 5.41) is 11.8. The van der Waals surface area contributed by atoms with E-state index in [1.54, 1.807) is 7.05 Å². The van der Waals surface area contributed by atoms with Crippen molar-refractivity contribution in [3.05, 3.63) is 53.9 Å². The highest BCUT2D eigenvalue weighted by atomic mass is 19.4. The lowest BCUT2D eigenvalue weighted by atomic mass is 10.2. The molecule has 0 bridgehead atoms. The summed E-state index contributed by atoms with van der Waals surface area (Å²) < 4.78 is 39.2. The summed E-state index contributed by atoms with van der Waals surface area (Å²) >= 11 is 0. The van der Waals surface area contributed by atoms with Gasteiger partial charge in [0.2, 0.25) is 0 Å². The summed E-state index contributed by atoms with van der Waals surface area (Å²) in [6.45, 7) is 0.269. The van der Waals surface area contributed by atoms with Gasteiger partial charge in [0.05, 0.1) is 6.61 Å². The molecule has 3 aromatic rings. The third-order valence-corrected chi connectivity index (χ3v) is 3.09. The van der Waals surface area contributed by atoms with Crippen LogP contribution in [0.3, 0.4) is 0 Å². The van der Waals surface area contributed by atoms with Crippen LogP contribution in [0.25, 0.3) is 5.65 Å². The summed E-state index contributed by atoms with van der Waals surface area (Å²) in [6.07, 6.45) is -4.63. The predicted octanol–water partition coefficient (Wildman–Crippen LogP) is 2.71. The van der Waals surface area contributed by atoms with Gasteiger partial charge in [-0.1, -0.05) is 30.3 Å². The Bertz CT molecular complexity index is 803. The Balaban J connectivity index is 1.82. The van der Waals surface area contributed by atoms with E-state index >= 15 is 0 Å². The maximum atomic E-state index is 12.8. The van der Waals surface area contributed by atoms with Gasteiger partial charge in [0.25, 0.3) is 5.82 Å². The molecule has 0 saturated heterocycles. The van der Waals surface area contributed by atoms with E-state index in [9.17, 15) is 13.2 Å². The molecular formula is C14H12F3N5O. The molecule has 0 aliphatic carbocycles. The van der Waals surface area contributed by atoms with Crippen molar-refractivity contribution in [2.24, 2.45) is 0 Å². The molecule has 0 amide bonds. The summed E-state index contributed by atoms with van der Waals surface area (Å²) in [5.41, 5.74) is 0.943. The lowest BCUT2D eigenvalue weighted by molar-refractivity contribution is -0.146. The first kappa shape index (κ1) is 15.2. The first-order valence-corrected chi connectivity index (χ1v) is 6.65. The second-order valence-corrected chi connectivity index (χ2v) is 4.74. The summed E-state index contributed by atoms with van der Waals surface area (Å²) in [7, 11) is 1.56. The number of nitrogens with zero attached hydrogens (tertiary/aromatic N) is 5. The molecule has 9 heteroatoms. The highest BCUT2D eigenvalue weighted by Crippen LogP contribution is 2.27. The Morgan fingerprint density at radius 3 is 2.52 bits per heavy atom. The molecule has 0 fully saturated rings. The van der Waals surface area contributed by atoms with Gasteiger partial charge >= 0.3 is 6.18 Å². The van der Waals surface area contributed by atoms with Crippen molar-refractivity contribution in [1.82, 2.24) is 19.8 Å². The van der Waals surface area contributed by atoms with E-state index in [2.05, 4.69) is 15.3 Å². The fourth-order valence-corrected chi connectivity index (χ4v) is 1.94. The number of halogens is 3. The third kappa shape index (κ3) is 3.24. The zero-order valence-electron chi connectivity index (χ0n) is 12.0. The van der Waals surface area contributed by atoms with Gasteiger partial charge in [0.1, 0.15) is 0 Å². The molecule has 0 saturated carbocycles. The molecule has 3 rings (SSSR count). The molecule has 2 heterocycles. The number of aromatic nitrogens is 4. The number of hydrogen-bond acceptors (Lipinski definition) is 5. The molecule has 2 aromatic heterocycles. The molecule has 0 spiro atoms.